The SMILES string of the molecule is CCCC1CC(=O)N(OS(=O)(=O)/C=C/c2ccccc2)C1=O. The molecule has 2 amide bonds. The summed E-state index contributed by atoms with van der Waals surface area (Å²) in [5, 5.41) is 1.20. The molecular formula is C15H17NO5S. The molecule has 6 nitrogen and oxygen atoms in total. The fraction of sp³-hybridized carbons (Fsp3) is 0.333. The van der Waals surface area contributed by atoms with E-state index in [1.54, 1.807) is 30.3 Å². The summed E-state index contributed by atoms with van der Waals surface area (Å²) in [6.07, 6.45) is 2.59. The van der Waals surface area contributed by atoms with Crippen LogP contribution >= 0.6 is 0 Å². The van der Waals surface area contributed by atoms with Gasteiger partial charge in [0.15, 0.2) is 0 Å². The van der Waals surface area contributed by atoms with E-state index in [9.17, 15) is 18.0 Å². The molecule has 7 heteroatoms. The highest BCUT2D eigenvalue weighted by Gasteiger charge is 2.41. The number of amides is 2. The van der Waals surface area contributed by atoms with Crippen molar-refractivity contribution in [1.82, 2.24) is 5.06 Å². The number of carbonyl (C=O) groups excluding carboxylic acids is 2. The van der Waals surface area contributed by atoms with Crippen LogP contribution in [0, 0.1) is 5.92 Å². The Labute approximate surface area is 129 Å². The van der Waals surface area contributed by atoms with Crippen molar-refractivity contribution in [1.29, 1.82) is 0 Å². The average Bonchev–Trinajstić information content (AvgIpc) is 2.74. The van der Waals surface area contributed by atoms with Gasteiger partial charge in [0, 0.05) is 12.3 Å². The van der Waals surface area contributed by atoms with E-state index in [0.717, 1.165) is 11.8 Å². The van der Waals surface area contributed by atoms with Gasteiger partial charge in [-0.1, -0.05) is 43.7 Å². The molecule has 0 spiro atoms. The van der Waals surface area contributed by atoms with Crippen molar-refractivity contribution in [3.63, 3.8) is 0 Å². The van der Waals surface area contributed by atoms with E-state index in [-0.39, 0.29) is 6.42 Å². The monoisotopic (exact) mass is 323 g/mol. The predicted molar refractivity (Wildman–Crippen MR) is 80.3 cm³/mol. The van der Waals surface area contributed by atoms with E-state index < -0.39 is 27.9 Å². The van der Waals surface area contributed by atoms with Crippen LogP contribution in [-0.2, 0) is 24.0 Å². The molecule has 1 aromatic rings. The molecule has 1 heterocycles. The number of hydrogen-bond donors (Lipinski definition) is 0. The molecule has 0 N–H and O–H groups in total. The van der Waals surface area contributed by atoms with Gasteiger partial charge in [0.2, 0.25) is 0 Å². The molecule has 0 aliphatic carbocycles. The maximum Gasteiger partial charge on any atom is 0.311 e. The lowest BCUT2D eigenvalue weighted by Gasteiger charge is -2.12. The zero-order valence-corrected chi connectivity index (χ0v) is 13.0. The number of hydrogen-bond acceptors (Lipinski definition) is 5. The van der Waals surface area contributed by atoms with Crippen molar-refractivity contribution >= 4 is 28.0 Å². The van der Waals surface area contributed by atoms with Crippen LogP contribution in [0.2, 0.25) is 0 Å². The molecule has 1 saturated heterocycles. The Bertz CT molecular complexity index is 681. The van der Waals surface area contributed by atoms with Crippen LogP contribution in [0.1, 0.15) is 31.7 Å². The number of hydroxylamine groups is 2. The van der Waals surface area contributed by atoms with Crippen molar-refractivity contribution in [3.8, 4) is 0 Å². The van der Waals surface area contributed by atoms with Crippen molar-refractivity contribution in [2.75, 3.05) is 0 Å². The first-order chi connectivity index (χ1) is 10.4. The zero-order chi connectivity index (χ0) is 16.2. The second-order valence-corrected chi connectivity index (χ2v) is 6.40. The maximum absolute atomic E-state index is 11.9. The highest BCUT2D eigenvalue weighted by atomic mass is 32.2. The largest absolute Gasteiger partial charge is 0.311 e. The van der Waals surface area contributed by atoms with Crippen molar-refractivity contribution in [3.05, 3.63) is 41.3 Å². The molecule has 1 aliphatic rings. The summed E-state index contributed by atoms with van der Waals surface area (Å²) in [5.74, 6) is -1.71. The van der Waals surface area contributed by atoms with E-state index in [1.807, 2.05) is 6.92 Å². The first-order valence-corrected chi connectivity index (χ1v) is 8.44. The van der Waals surface area contributed by atoms with Crippen LogP contribution in [0.4, 0.5) is 0 Å². The number of nitrogens with zero attached hydrogens (tertiary/aromatic N) is 1. The van der Waals surface area contributed by atoms with E-state index in [2.05, 4.69) is 4.28 Å². The van der Waals surface area contributed by atoms with Gasteiger partial charge in [-0.3, -0.25) is 9.59 Å². The summed E-state index contributed by atoms with van der Waals surface area (Å²) < 4.78 is 28.4. The topological polar surface area (TPSA) is 80.8 Å². The Morgan fingerprint density at radius 3 is 2.59 bits per heavy atom. The summed E-state index contributed by atoms with van der Waals surface area (Å²) in [5.41, 5.74) is 0.664. The first kappa shape index (κ1) is 16.4. The minimum absolute atomic E-state index is 0.00933. The minimum atomic E-state index is -4.16. The Morgan fingerprint density at radius 2 is 1.95 bits per heavy atom. The summed E-state index contributed by atoms with van der Waals surface area (Å²) in [7, 11) is -4.16. The molecule has 22 heavy (non-hydrogen) atoms. The first-order valence-electron chi connectivity index (χ1n) is 6.97. The van der Waals surface area contributed by atoms with E-state index in [0.29, 0.717) is 17.0 Å². The third-order valence-corrected chi connectivity index (χ3v) is 4.07. The molecule has 1 unspecified atom stereocenters. The molecule has 1 aromatic carbocycles. The quantitative estimate of drug-likeness (QED) is 0.749. The normalized spacial score (nSPS) is 19.3. The van der Waals surface area contributed by atoms with Gasteiger partial charge in [-0.15, -0.1) is 9.35 Å². The summed E-state index contributed by atoms with van der Waals surface area (Å²) in [4.78, 5) is 23.7. The standard InChI is InChI=1S/C15H17NO5S/c1-2-6-13-11-14(17)16(15(13)18)21-22(19,20)10-9-12-7-4-3-5-8-12/h3-5,7-10,13H,2,6,11H2,1H3/b10-9+. The van der Waals surface area contributed by atoms with E-state index >= 15 is 0 Å². The lowest BCUT2D eigenvalue weighted by molar-refractivity contribution is -0.164. The van der Waals surface area contributed by atoms with Gasteiger partial charge in [0.25, 0.3) is 11.8 Å². The Kier molecular flexibility index (Phi) is 5.10. The molecular weight excluding hydrogens is 306 g/mol. The molecule has 0 saturated carbocycles. The smallest absolute Gasteiger partial charge is 0.272 e. The fourth-order valence-electron chi connectivity index (χ4n) is 2.18. The van der Waals surface area contributed by atoms with Crippen molar-refractivity contribution in [2.24, 2.45) is 5.92 Å². The number of rotatable bonds is 6. The second kappa shape index (κ2) is 6.85. The molecule has 118 valence electrons. The number of carbonyl (C=O) groups is 2. The molecule has 0 aromatic heterocycles. The molecule has 0 bridgehead atoms. The van der Waals surface area contributed by atoms with Crippen molar-refractivity contribution in [2.45, 2.75) is 26.2 Å². The average molecular weight is 323 g/mol. The molecule has 2 rings (SSSR count). The minimum Gasteiger partial charge on any atom is -0.272 e. The second-order valence-electron chi connectivity index (χ2n) is 5.00. The van der Waals surface area contributed by atoms with Gasteiger partial charge in [-0.25, -0.2) is 0 Å². The van der Waals surface area contributed by atoms with Crippen LogP contribution in [0.5, 0.6) is 0 Å². The van der Waals surface area contributed by atoms with Gasteiger partial charge in [0.05, 0.1) is 5.41 Å². The highest BCUT2D eigenvalue weighted by Crippen LogP contribution is 2.25. The van der Waals surface area contributed by atoms with Crippen LogP contribution in [0.15, 0.2) is 35.7 Å². The summed E-state index contributed by atoms with van der Waals surface area (Å²) >= 11 is 0. The fourth-order valence-corrected chi connectivity index (χ4v) is 2.91. The lowest BCUT2D eigenvalue weighted by Crippen LogP contribution is -2.32. The van der Waals surface area contributed by atoms with Crippen LogP contribution in [0.25, 0.3) is 6.08 Å². The molecule has 1 fully saturated rings. The van der Waals surface area contributed by atoms with Crippen molar-refractivity contribution < 1.29 is 22.3 Å². The summed E-state index contributed by atoms with van der Waals surface area (Å²) in [6, 6.07) is 8.76. The van der Waals surface area contributed by atoms with Gasteiger partial charge >= 0.3 is 10.1 Å². The third-order valence-electron chi connectivity index (χ3n) is 3.24. The third kappa shape index (κ3) is 4.02. The van der Waals surface area contributed by atoms with Crippen LogP contribution in [0.3, 0.4) is 0 Å². The van der Waals surface area contributed by atoms with E-state index in [1.165, 1.54) is 6.08 Å². The van der Waals surface area contributed by atoms with Gasteiger partial charge in [-0.05, 0) is 18.1 Å². The van der Waals surface area contributed by atoms with Crippen LogP contribution in [-0.4, -0.2) is 25.3 Å². The Morgan fingerprint density at radius 1 is 1.27 bits per heavy atom. The number of imide groups is 1. The molecule has 1 atom stereocenters. The van der Waals surface area contributed by atoms with E-state index in [4.69, 9.17) is 0 Å². The van der Waals surface area contributed by atoms with Gasteiger partial charge < -0.3 is 0 Å². The predicted octanol–water partition coefficient (Wildman–Crippen LogP) is 2.09. The summed E-state index contributed by atoms with van der Waals surface area (Å²) in [6.45, 7) is 1.89. The Hall–Kier alpha value is -1.99. The highest BCUT2D eigenvalue weighted by molar-refractivity contribution is 7.89. The number of benzene rings is 1. The molecule has 1 aliphatic heterocycles. The Balaban J connectivity index is 2.07. The maximum atomic E-state index is 11.9. The zero-order valence-electron chi connectivity index (χ0n) is 12.1. The van der Waals surface area contributed by atoms with Crippen LogP contribution < -0.4 is 0 Å². The van der Waals surface area contributed by atoms with Gasteiger partial charge in [0.1, 0.15) is 0 Å². The van der Waals surface area contributed by atoms with Gasteiger partial charge in [-0.2, -0.15) is 8.42 Å². The molecule has 0 radical (unpaired) electrons. The lowest BCUT2D eigenvalue weighted by atomic mass is 10.0.